The molecule has 0 spiro atoms. The largest absolute Gasteiger partial charge is 0.350 e. The first-order chi connectivity index (χ1) is 7.00. The number of amides is 1. The second kappa shape index (κ2) is 5.39. The molecular formula is C10H18F2N2O. The van der Waals surface area contributed by atoms with E-state index in [1.165, 1.54) is 0 Å². The number of halogens is 2. The third-order valence-electron chi connectivity index (χ3n) is 2.98. The van der Waals surface area contributed by atoms with Crippen molar-refractivity contribution < 1.29 is 13.6 Å². The molecule has 1 rings (SSSR count). The third kappa shape index (κ3) is 3.74. The summed E-state index contributed by atoms with van der Waals surface area (Å²) in [4.78, 5) is 11.5. The molecule has 3 nitrogen and oxygen atoms in total. The van der Waals surface area contributed by atoms with Gasteiger partial charge in [0.25, 0.3) is 6.43 Å². The van der Waals surface area contributed by atoms with Gasteiger partial charge >= 0.3 is 0 Å². The molecule has 0 aromatic heterocycles. The van der Waals surface area contributed by atoms with Crippen molar-refractivity contribution in [2.45, 2.75) is 38.7 Å². The maximum absolute atomic E-state index is 11.9. The summed E-state index contributed by atoms with van der Waals surface area (Å²) >= 11 is 0. The van der Waals surface area contributed by atoms with Gasteiger partial charge in [0.1, 0.15) is 0 Å². The van der Waals surface area contributed by atoms with Gasteiger partial charge in [0.15, 0.2) is 0 Å². The average molecular weight is 220 g/mol. The molecule has 0 heterocycles. The van der Waals surface area contributed by atoms with Crippen LogP contribution in [0.1, 0.15) is 26.2 Å². The lowest BCUT2D eigenvalue weighted by Crippen LogP contribution is -2.42. The standard InChI is InChI=1S/C10H18F2N2O/c1-6-4-7(13)2-3-8(6)10(15)14-5-9(11)12/h6-9H,2-5,13H2,1H3,(H,14,15). The van der Waals surface area contributed by atoms with E-state index in [1.807, 2.05) is 6.92 Å². The van der Waals surface area contributed by atoms with Crippen LogP contribution in [-0.2, 0) is 4.79 Å². The maximum Gasteiger partial charge on any atom is 0.255 e. The molecule has 5 heteroatoms. The molecule has 0 aromatic rings. The van der Waals surface area contributed by atoms with Crippen molar-refractivity contribution in [3.05, 3.63) is 0 Å². The molecule has 1 saturated carbocycles. The van der Waals surface area contributed by atoms with Crippen molar-refractivity contribution in [2.75, 3.05) is 6.54 Å². The Labute approximate surface area is 88.4 Å². The summed E-state index contributed by atoms with van der Waals surface area (Å²) < 4.78 is 23.8. The minimum atomic E-state index is -2.48. The van der Waals surface area contributed by atoms with E-state index in [2.05, 4.69) is 5.32 Å². The molecule has 0 radical (unpaired) electrons. The van der Waals surface area contributed by atoms with Gasteiger partial charge in [-0.1, -0.05) is 6.92 Å². The highest BCUT2D eigenvalue weighted by atomic mass is 19.3. The van der Waals surface area contributed by atoms with Crippen molar-refractivity contribution >= 4 is 5.91 Å². The van der Waals surface area contributed by atoms with Gasteiger partial charge in [0.05, 0.1) is 6.54 Å². The number of carbonyl (C=O) groups excluding carboxylic acids is 1. The lowest BCUT2D eigenvalue weighted by molar-refractivity contribution is -0.128. The second-order valence-corrected chi connectivity index (χ2v) is 4.29. The van der Waals surface area contributed by atoms with E-state index in [0.29, 0.717) is 6.42 Å². The predicted molar refractivity (Wildman–Crippen MR) is 53.5 cm³/mol. The zero-order valence-corrected chi connectivity index (χ0v) is 8.88. The summed E-state index contributed by atoms with van der Waals surface area (Å²) in [5.74, 6) is -0.218. The predicted octanol–water partition coefficient (Wildman–Crippen LogP) is 1.13. The summed E-state index contributed by atoms with van der Waals surface area (Å²) in [5.41, 5.74) is 5.76. The molecule has 88 valence electrons. The molecule has 15 heavy (non-hydrogen) atoms. The molecule has 3 unspecified atom stereocenters. The lowest BCUT2D eigenvalue weighted by atomic mass is 9.78. The summed E-state index contributed by atoms with van der Waals surface area (Å²) in [6.07, 6.45) is -0.170. The van der Waals surface area contributed by atoms with Crippen LogP contribution < -0.4 is 11.1 Å². The molecule has 3 N–H and O–H groups in total. The Morgan fingerprint density at radius 3 is 2.73 bits per heavy atom. The van der Waals surface area contributed by atoms with Crippen LogP contribution in [0.25, 0.3) is 0 Å². The van der Waals surface area contributed by atoms with Gasteiger partial charge in [-0.15, -0.1) is 0 Å². The van der Waals surface area contributed by atoms with E-state index in [4.69, 9.17) is 5.73 Å². The van der Waals surface area contributed by atoms with Crippen LogP contribution in [0.3, 0.4) is 0 Å². The maximum atomic E-state index is 11.9. The minimum absolute atomic E-state index is 0.149. The molecule has 0 aromatic carbocycles. The van der Waals surface area contributed by atoms with E-state index < -0.39 is 13.0 Å². The fourth-order valence-electron chi connectivity index (χ4n) is 2.14. The van der Waals surface area contributed by atoms with Gasteiger partial charge in [0.2, 0.25) is 5.91 Å². The Balaban J connectivity index is 2.38. The minimum Gasteiger partial charge on any atom is -0.350 e. The highest BCUT2D eigenvalue weighted by Gasteiger charge is 2.30. The molecule has 0 saturated heterocycles. The van der Waals surface area contributed by atoms with Crippen LogP contribution in [0.4, 0.5) is 8.78 Å². The third-order valence-corrected chi connectivity index (χ3v) is 2.98. The first-order valence-electron chi connectivity index (χ1n) is 5.32. The summed E-state index contributed by atoms with van der Waals surface area (Å²) in [7, 11) is 0. The molecule has 0 bridgehead atoms. The number of nitrogens with one attached hydrogen (secondary N) is 1. The Bertz CT molecular complexity index is 223. The fourth-order valence-corrected chi connectivity index (χ4v) is 2.14. The second-order valence-electron chi connectivity index (χ2n) is 4.29. The number of alkyl halides is 2. The number of hydrogen-bond donors (Lipinski definition) is 2. The summed E-state index contributed by atoms with van der Waals surface area (Å²) in [6, 6.07) is 0.152. The van der Waals surface area contributed by atoms with E-state index >= 15 is 0 Å². The molecule has 0 aliphatic heterocycles. The first-order valence-corrected chi connectivity index (χ1v) is 5.32. The SMILES string of the molecule is CC1CC(N)CCC1C(=O)NCC(F)F. The van der Waals surface area contributed by atoms with Crippen LogP contribution in [0.5, 0.6) is 0 Å². The van der Waals surface area contributed by atoms with E-state index in [-0.39, 0.29) is 23.8 Å². The normalized spacial score (nSPS) is 31.7. The molecule has 3 atom stereocenters. The number of carbonyl (C=O) groups is 1. The van der Waals surface area contributed by atoms with Crippen molar-refractivity contribution in [1.82, 2.24) is 5.32 Å². The van der Waals surface area contributed by atoms with Gasteiger partial charge in [0, 0.05) is 12.0 Å². The number of rotatable bonds is 3. The quantitative estimate of drug-likeness (QED) is 0.749. The van der Waals surface area contributed by atoms with Gasteiger partial charge in [-0.3, -0.25) is 4.79 Å². The molecule has 1 fully saturated rings. The van der Waals surface area contributed by atoms with Crippen molar-refractivity contribution in [3.63, 3.8) is 0 Å². The van der Waals surface area contributed by atoms with Crippen LogP contribution >= 0.6 is 0 Å². The number of nitrogens with two attached hydrogens (primary N) is 1. The zero-order chi connectivity index (χ0) is 11.4. The average Bonchev–Trinajstić information content (AvgIpc) is 2.14. The Kier molecular flexibility index (Phi) is 4.45. The highest BCUT2D eigenvalue weighted by Crippen LogP contribution is 2.29. The monoisotopic (exact) mass is 220 g/mol. The van der Waals surface area contributed by atoms with Gasteiger partial charge in [-0.05, 0) is 25.2 Å². The molecule has 1 aliphatic rings. The smallest absolute Gasteiger partial charge is 0.255 e. The highest BCUT2D eigenvalue weighted by molar-refractivity contribution is 5.79. The number of hydrogen-bond acceptors (Lipinski definition) is 2. The van der Waals surface area contributed by atoms with Gasteiger partial charge in [-0.25, -0.2) is 8.78 Å². The Morgan fingerprint density at radius 1 is 1.53 bits per heavy atom. The first kappa shape index (κ1) is 12.4. The van der Waals surface area contributed by atoms with E-state index in [0.717, 1.165) is 12.8 Å². The van der Waals surface area contributed by atoms with E-state index in [9.17, 15) is 13.6 Å². The van der Waals surface area contributed by atoms with Crippen LogP contribution in [0, 0.1) is 11.8 Å². The van der Waals surface area contributed by atoms with Crippen molar-refractivity contribution in [1.29, 1.82) is 0 Å². The van der Waals surface area contributed by atoms with Crippen molar-refractivity contribution in [2.24, 2.45) is 17.6 Å². The Hall–Kier alpha value is -0.710. The molecule has 1 amide bonds. The van der Waals surface area contributed by atoms with Crippen LogP contribution in [0.2, 0.25) is 0 Å². The Morgan fingerprint density at radius 2 is 2.20 bits per heavy atom. The molecular weight excluding hydrogens is 202 g/mol. The molecule has 1 aliphatic carbocycles. The zero-order valence-electron chi connectivity index (χ0n) is 8.88. The van der Waals surface area contributed by atoms with Gasteiger partial charge in [-0.2, -0.15) is 0 Å². The fraction of sp³-hybridized carbons (Fsp3) is 0.900. The summed E-state index contributed by atoms with van der Waals surface area (Å²) in [6.45, 7) is 1.40. The van der Waals surface area contributed by atoms with E-state index in [1.54, 1.807) is 0 Å². The van der Waals surface area contributed by atoms with Gasteiger partial charge < -0.3 is 11.1 Å². The topological polar surface area (TPSA) is 55.1 Å². The van der Waals surface area contributed by atoms with Crippen LogP contribution in [0.15, 0.2) is 0 Å². The van der Waals surface area contributed by atoms with Crippen molar-refractivity contribution in [3.8, 4) is 0 Å². The lowest BCUT2D eigenvalue weighted by Gasteiger charge is -2.31. The summed E-state index contributed by atoms with van der Waals surface area (Å²) in [5, 5.41) is 2.27. The van der Waals surface area contributed by atoms with Crippen LogP contribution in [-0.4, -0.2) is 24.9 Å².